The number of hydrogen-bond acceptors (Lipinski definition) is 8. The number of carbonyl (C=O) groups excluding carboxylic acids is 2. The molecule has 0 aliphatic heterocycles. The second-order valence-electron chi connectivity index (χ2n) is 9.17. The molecule has 0 bridgehead atoms. The molecular weight excluding hydrogens is 473 g/mol. The monoisotopic (exact) mass is 501 g/mol. The number of H-pyrrole nitrogens is 1. The summed E-state index contributed by atoms with van der Waals surface area (Å²) in [5, 5.41) is 26.7. The van der Waals surface area contributed by atoms with E-state index in [4.69, 9.17) is 0 Å². The Morgan fingerprint density at radius 3 is 2.72 bits per heavy atom. The summed E-state index contributed by atoms with van der Waals surface area (Å²) >= 11 is 0. The van der Waals surface area contributed by atoms with Gasteiger partial charge in [-0.1, -0.05) is 24.9 Å². The van der Waals surface area contributed by atoms with Crippen LogP contribution in [-0.2, 0) is 4.79 Å². The van der Waals surface area contributed by atoms with Gasteiger partial charge in [-0.05, 0) is 42.8 Å². The zero-order valence-corrected chi connectivity index (χ0v) is 19.9. The van der Waals surface area contributed by atoms with Gasteiger partial charge in [0, 0.05) is 18.0 Å². The molecule has 13 heteroatoms. The van der Waals surface area contributed by atoms with E-state index in [0.717, 1.165) is 37.9 Å². The fraction of sp³-hybridized carbons (Fsp3) is 0.478. The van der Waals surface area contributed by atoms with E-state index in [2.05, 4.69) is 42.6 Å². The minimum atomic E-state index is -0.965. The maximum Gasteiger partial charge on any atom is 0.276 e. The number of aryl methyl sites for hydroxylation is 1. The van der Waals surface area contributed by atoms with Gasteiger partial charge in [0.05, 0.1) is 18.5 Å². The Morgan fingerprint density at radius 1 is 1.31 bits per heavy atom. The number of aliphatic hydroxyl groups excluding tert-OH is 1. The van der Waals surface area contributed by atoms with E-state index in [1.807, 2.05) is 0 Å². The molecule has 3 aromatic rings. The lowest BCUT2D eigenvalue weighted by Gasteiger charge is -2.32. The third-order valence-electron chi connectivity index (χ3n) is 6.59. The van der Waals surface area contributed by atoms with E-state index < -0.39 is 41.9 Å². The van der Waals surface area contributed by atoms with Crippen molar-refractivity contribution in [1.29, 1.82) is 0 Å². The largest absolute Gasteiger partial charge is 0.394 e. The van der Waals surface area contributed by atoms with Crippen LogP contribution < -0.4 is 16.2 Å². The van der Waals surface area contributed by atoms with Crippen molar-refractivity contribution in [2.45, 2.75) is 51.6 Å². The van der Waals surface area contributed by atoms with Crippen molar-refractivity contribution in [3.05, 3.63) is 57.8 Å². The fourth-order valence-electron chi connectivity index (χ4n) is 4.50. The number of nitrogens with one attached hydrogen (secondary N) is 3. The van der Waals surface area contributed by atoms with Crippen LogP contribution in [0.2, 0.25) is 0 Å². The molecule has 3 heterocycles. The number of nitrogens with zero attached hydrogens (tertiary/aromatic N) is 4. The van der Waals surface area contributed by atoms with Crippen LogP contribution in [0.4, 0.5) is 10.1 Å². The van der Waals surface area contributed by atoms with E-state index in [9.17, 15) is 23.9 Å². The first kappa shape index (κ1) is 25.2. The first-order chi connectivity index (χ1) is 17.3. The highest BCUT2D eigenvalue weighted by molar-refractivity contribution is 6.00. The fourth-order valence-corrected chi connectivity index (χ4v) is 4.50. The molecule has 4 N–H and O–H groups in total. The number of carbonyl (C=O) groups is 2. The molecule has 12 nitrogen and oxygen atoms in total. The highest BCUT2D eigenvalue weighted by Crippen LogP contribution is 2.31. The van der Waals surface area contributed by atoms with Crippen LogP contribution in [-0.4, -0.2) is 54.6 Å². The van der Waals surface area contributed by atoms with Crippen LogP contribution in [0.15, 0.2) is 34.1 Å². The number of rotatable bonds is 8. The zero-order chi connectivity index (χ0) is 25.8. The van der Waals surface area contributed by atoms with Crippen molar-refractivity contribution in [3.63, 3.8) is 0 Å². The van der Waals surface area contributed by atoms with E-state index in [1.54, 1.807) is 6.92 Å². The van der Waals surface area contributed by atoms with Crippen molar-refractivity contribution in [1.82, 2.24) is 30.4 Å². The van der Waals surface area contributed by atoms with Gasteiger partial charge in [-0.25, -0.2) is 9.02 Å². The Morgan fingerprint density at radius 2 is 2.06 bits per heavy atom. The van der Waals surface area contributed by atoms with Crippen LogP contribution in [0.5, 0.6) is 0 Å². The predicted molar refractivity (Wildman–Crippen MR) is 125 cm³/mol. The average Bonchev–Trinajstić information content (AvgIpc) is 3.49. The second-order valence-corrected chi connectivity index (χ2v) is 9.17. The summed E-state index contributed by atoms with van der Waals surface area (Å²) in [6.07, 6.45) is 7.11. The van der Waals surface area contributed by atoms with Gasteiger partial charge >= 0.3 is 0 Å². The lowest BCUT2D eigenvalue weighted by Crippen LogP contribution is -2.49. The number of aliphatic hydroxyl groups is 1. The molecule has 2 unspecified atom stereocenters. The number of hydrogen-bond donors (Lipinski definition) is 4. The van der Waals surface area contributed by atoms with Crippen LogP contribution in [0.25, 0.3) is 0 Å². The van der Waals surface area contributed by atoms with Gasteiger partial charge < -0.3 is 20.7 Å². The van der Waals surface area contributed by atoms with Crippen LogP contribution in [0, 0.1) is 24.6 Å². The molecular formula is C23H28FN7O5. The van der Waals surface area contributed by atoms with Crippen molar-refractivity contribution >= 4 is 17.5 Å². The predicted octanol–water partition coefficient (Wildman–Crippen LogP) is 1.55. The maximum atomic E-state index is 13.7. The summed E-state index contributed by atoms with van der Waals surface area (Å²) in [6.45, 7) is 3.22. The van der Waals surface area contributed by atoms with Gasteiger partial charge in [-0.3, -0.25) is 19.1 Å². The van der Waals surface area contributed by atoms with Crippen molar-refractivity contribution in [2.24, 2.45) is 11.8 Å². The maximum absolute atomic E-state index is 13.7. The highest BCUT2D eigenvalue weighted by atomic mass is 19.1. The molecule has 0 spiro atoms. The Hall–Kier alpha value is -3.87. The molecule has 0 saturated heterocycles. The molecule has 0 aromatic carbocycles. The van der Waals surface area contributed by atoms with E-state index in [-0.39, 0.29) is 22.9 Å². The minimum absolute atomic E-state index is 0.0101. The Labute approximate surface area is 205 Å². The second kappa shape index (κ2) is 10.8. The molecule has 1 aliphatic carbocycles. The smallest absolute Gasteiger partial charge is 0.276 e. The Kier molecular flexibility index (Phi) is 7.58. The van der Waals surface area contributed by atoms with Crippen molar-refractivity contribution in [3.8, 4) is 0 Å². The van der Waals surface area contributed by atoms with E-state index in [1.165, 1.54) is 17.1 Å². The summed E-state index contributed by atoms with van der Waals surface area (Å²) in [6, 6.07) is -0.784. The average molecular weight is 502 g/mol. The molecule has 1 fully saturated rings. The van der Waals surface area contributed by atoms with Crippen LogP contribution in [0.3, 0.4) is 0 Å². The number of amides is 2. The number of aromatic nitrogens is 5. The summed E-state index contributed by atoms with van der Waals surface area (Å²) < 4.78 is 19.5. The summed E-state index contributed by atoms with van der Waals surface area (Å²) in [7, 11) is 0. The normalized spacial score (nSPS) is 19.4. The number of halogens is 1. The van der Waals surface area contributed by atoms with Crippen molar-refractivity contribution in [2.75, 3.05) is 11.9 Å². The quantitative estimate of drug-likeness (QED) is 0.360. The van der Waals surface area contributed by atoms with Gasteiger partial charge in [0.25, 0.3) is 11.5 Å². The summed E-state index contributed by atoms with van der Waals surface area (Å²) in [4.78, 5) is 40.5. The molecule has 192 valence electrons. The SMILES string of the molecule is Cc1nonc1C(=O)NC(C(=O)Nc1cnn(C(CO)c2cc(F)c[nH]c2=O)c1)C1CCC(C)CC1. The molecule has 3 aromatic heterocycles. The van der Waals surface area contributed by atoms with Crippen molar-refractivity contribution < 1.29 is 23.7 Å². The van der Waals surface area contributed by atoms with Gasteiger partial charge in [-0.15, -0.1) is 0 Å². The minimum Gasteiger partial charge on any atom is -0.394 e. The van der Waals surface area contributed by atoms with Gasteiger partial charge in [0.15, 0.2) is 5.69 Å². The molecule has 4 rings (SSSR count). The first-order valence-corrected chi connectivity index (χ1v) is 11.7. The summed E-state index contributed by atoms with van der Waals surface area (Å²) in [5.41, 5.74) is 0.0254. The van der Waals surface area contributed by atoms with Gasteiger partial charge in [-0.2, -0.15) is 5.10 Å². The first-order valence-electron chi connectivity index (χ1n) is 11.7. The molecule has 36 heavy (non-hydrogen) atoms. The van der Waals surface area contributed by atoms with Crippen LogP contribution in [0.1, 0.15) is 60.4 Å². The van der Waals surface area contributed by atoms with Gasteiger partial charge in [0.2, 0.25) is 5.91 Å². The standard InChI is InChI=1S/C23H28FN7O5/c1-12-3-5-14(6-4-12)20(28-22(34)19-13(2)29-36-30-19)23(35)27-16-9-26-31(10-16)18(11-32)17-7-15(24)8-25-21(17)33/h7-10,12,14,18,20,32H,3-6,11H2,1-2H3,(H,25,33)(H,27,35)(H,28,34). The molecule has 0 radical (unpaired) electrons. The Balaban J connectivity index is 1.53. The van der Waals surface area contributed by atoms with Crippen LogP contribution >= 0.6 is 0 Å². The molecule has 1 saturated carbocycles. The number of anilines is 1. The van der Waals surface area contributed by atoms with E-state index >= 15 is 0 Å². The lowest BCUT2D eigenvalue weighted by molar-refractivity contribution is -0.119. The highest BCUT2D eigenvalue weighted by Gasteiger charge is 2.34. The number of aromatic amines is 1. The molecule has 1 aliphatic rings. The van der Waals surface area contributed by atoms with E-state index in [0.29, 0.717) is 11.6 Å². The lowest BCUT2D eigenvalue weighted by atomic mass is 9.79. The Bertz CT molecular complexity index is 1280. The third-order valence-corrected chi connectivity index (χ3v) is 6.59. The summed E-state index contributed by atoms with van der Waals surface area (Å²) in [5.74, 6) is -1.21. The molecule has 2 amide bonds. The van der Waals surface area contributed by atoms with Gasteiger partial charge in [0.1, 0.15) is 23.6 Å². The third kappa shape index (κ3) is 5.51. The zero-order valence-electron chi connectivity index (χ0n) is 19.9. The molecule has 2 atom stereocenters. The number of pyridine rings is 1. The topological polar surface area (TPSA) is 168 Å².